The summed E-state index contributed by atoms with van der Waals surface area (Å²) in [5, 5.41) is 0.388. The lowest BCUT2D eigenvalue weighted by molar-refractivity contribution is 0.343. The Bertz CT molecular complexity index is 1230. The average Bonchev–Trinajstić information content (AvgIpc) is 3.13. The molecule has 0 spiro atoms. The van der Waals surface area contributed by atoms with Crippen molar-refractivity contribution in [2.45, 2.75) is 12.6 Å². The van der Waals surface area contributed by atoms with Crippen LogP contribution in [0, 0.1) is 0 Å². The number of rotatable bonds is 5. The van der Waals surface area contributed by atoms with Crippen LogP contribution in [0.25, 0.3) is 10.9 Å². The molecule has 0 radical (unpaired) electrons. The zero-order chi connectivity index (χ0) is 20.6. The summed E-state index contributed by atoms with van der Waals surface area (Å²) in [6.45, 7) is -0.0572. The molecule has 152 valence electrons. The van der Waals surface area contributed by atoms with Crippen LogP contribution in [0.2, 0.25) is 0 Å². The molecule has 3 aromatic rings. The van der Waals surface area contributed by atoms with Gasteiger partial charge in [-0.3, -0.25) is 9.52 Å². The molecule has 0 saturated carbocycles. The van der Waals surface area contributed by atoms with E-state index in [0.29, 0.717) is 16.7 Å². The molecule has 2 aromatic heterocycles. The standard InChI is InChI=1S/C18H18FN5O4S/c1-23-11-20-15-6-5-13(9-14(15)18(23)25)28-17-4-2-3-16(21-17)22-29(26,27)24-8-7-12(19)10-24/h2-6,9,11-12H,7-8,10H2,1H3,(H,21,22)/t12-/m1/s1. The Morgan fingerprint density at radius 3 is 2.86 bits per heavy atom. The maximum Gasteiger partial charge on any atom is 0.302 e. The van der Waals surface area contributed by atoms with Crippen LogP contribution in [-0.2, 0) is 17.3 Å². The first-order chi connectivity index (χ1) is 13.8. The number of hydrogen-bond acceptors (Lipinski definition) is 6. The smallest absolute Gasteiger partial charge is 0.302 e. The zero-order valence-corrected chi connectivity index (χ0v) is 16.3. The van der Waals surface area contributed by atoms with E-state index in [1.807, 2.05) is 0 Å². The average molecular weight is 419 g/mol. The van der Waals surface area contributed by atoms with Gasteiger partial charge in [0.15, 0.2) is 0 Å². The van der Waals surface area contributed by atoms with Gasteiger partial charge in [0.2, 0.25) is 5.88 Å². The fourth-order valence-corrected chi connectivity index (χ4v) is 4.22. The van der Waals surface area contributed by atoms with Crippen molar-refractivity contribution in [1.82, 2.24) is 18.8 Å². The van der Waals surface area contributed by atoms with E-state index in [-0.39, 0.29) is 36.8 Å². The second kappa shape index (κ2) is 7.41. The highest BCUT2D eigenvalue weighted by Crippen LogP contribution is 2.24. The van der Waals surface area contributed by atoms with Crippen molar-refractivity contribution < 1.29 is 17.5 Å². The Balaban J connectivity index is 1.56. The third kappa shape index (κ3) is 4.05. The van der Waals surface area contributed by atoms with Crippen LogP contribution in [0.5, 0.6) is 11.6 Å². The van der Waals surface area contributed by atoms with Gasteiger partial charge in [-0.2, -0.15) is 17.7 Å². The summed E-state index contributed by atoms with van der Waals surface area (Å²) >= 11 is 0. The van der Waals surface area contributed by atoms with Gasteiger partial charge in [-0.15, -0.1) is 0 Å². The lowest BCUT2D eigenvalue weighted by atomic mass is 10.2. The summed E-state index contributed by atoms with van der Waals surface area (Å²) < 4.78 is 48.4. The van der Waals surface area contributed by atoms with Gasteiger partial charge in [0, 0.05) is 26.2 Å². The van der Waals surface area contributed by atoms with Crippen LogP contribution >= 0.6 is 0 Å². The third-order valence-corrected chi connectivity index (χ3v) is 5.98. The molecule has 0 unspecified atom stereocenters. The highest BCUT2D eigenvalue weighted by molar-refractivity contribution is 7.90. The van der Waals surface area contributed by atoms with Crippen molar-refractivity contribution in [1.29, 1.82) is 0 Å². The molecule has 4 rings (SSSR count). The predicted molar refractivity (Wildman–Crippen MR) is 105 cm³/mol. The molecular formula is C18H18FN5O4S. The summed E-state index contributed by atoms with van der Waals surface area (Å²) in [6.07, 6.45) is 0.450. The van der Waals surface area contributed by atoms with Crippen molar-refractivity contribution in [3.05, 3.63) is 53.1 Å². The Morgan fingerprint density at radius 2 is 2.10 bits per heavy atom. The van der Waals surface area contributed by atoms with E-state index in [1.165, 1.54) is 17.0 Å². The van der Waals surface area contributed by atoms with Gasteiger partial charge in [0.25, 0.3) is 5.56 Å². The number of nitrogens with zero attached hydrogens (tertiary/aromatic N) is 4. The first-order valence-electron chi connectivity index (χ1n) is 8.84. The van der Waals surface area contributed by atoms with E-state index in [9.17, 15) is 17.6 Å². The second-order valence-electron chi connectivity index (χ2n) is 6.65. The lowest BCUT2D eigenvalue weighted by Gasteiger charge is -2.16. The number of pyridine rings is 1. The number of hydrogen-bond donors (Lipinski definition) is 1. The van der Waals surface area contributed by atoms with Crippen molar-refractivity contribution in [3.8, 4) is 11.6 Å². The van der Waals surface area contributed by atoms with E-state index in [0.717, 1.165) is 4.31 Å². The number of fused-ring (bicyclic) bond motifs is 1. The summed E-state index contributed by atoms with van der Waals surface area (Å²) in [4.78, 5) is 20.5. The van der Waals surface area contributed by atoms with Crippen LogP contribution in [0.3, 0.4) is 0 Å². The van der Waals surface area contributed by atoms with E-state index in [4.69, 9.17) is 4.74 Å². The quantitative estimate of drug-likeness (QED) is 0.676. The van der Waals surface area contributed by atoms with E-state index < -0.39 is 16.4 Å². The van der Waals surface area contributed by atoms with Crippen molar-refractivity contribution in [3.63, 3.8) is 0 Å². The minimum atomic E-state index is -3.90. The van der Waals surface area contributed by atoms with Gasteiger partial charge < -0.3 is 9.30 Å². The number of ether oxygens (including phenoxy) is 1. The second-order valence-corrected chi connectivity index (χ2v) is 8.32. The number of aryl methyl sites for hydroxylation is 1. The lowest BCUT2D eigenvalue weighted by Crippen LogP contribution is -2.34. The third-order valence-electron chi connectivity index (χ3n) is 4.50. The summed E-state index contributed by atoms with van der Waals surface area (Å²) in [5.41, 5.74) is 0.318. The Kier molecular flexibility index (Phi) is 4.92. The summed E-state index contributed by atoms with van der Waals surface area (Å²) in [7, 11) is -2.30. The SMILES string of the molecule is Cn1cnc2ccc(Oc3cccc(NS(=O)(=O)N4CC[C@@H](F)C4)n3)cc2c1=O. The minimum absolute atomic E-state index is 0.0446. The monoisotopic (exact) mass is 419 g/mol. The minimum Gasteiger partial charge on any atom is -0.439 e. The normalized spacial score (nSPS) is 17.5. The van der Waals surface area contributed by atoms with Crippen LogP contribution in [0.4, 0.5) is 10.2 Å². The van der Waals surface area contributed by atoms with Crippen molar-refractivity contribution in [2.24, 2.45) is 7.05 Å². The molecule has 29 heavy (non-hydrogen) atoms. The summed E-state index contributed by atoms with van der Waals surface area (Å²) in [6, 6.07) is 9.43. The fraction of sp³-hybridized carbons (Fsp3) is 0.278. The molecule has 1 aromatic carbocycles. The Labute approximate surface area is 166 Å². The van der Waals surface area contributed by atoms with Crippen LogP contribution in [0.15, 0.2) is 47.5 Å². The molecule has 0 aliphatic carbocycles. The molecule has 1 atom stereocenters. The van der Waals surface area contributed by atoms with Gasteiger partial charge in [0.1, 0.15) is 17.7 Å². The summed E-state index contributed by atoms with van der Waals surface area (Å²) in [5.74, 6) is 0.535. The first-order valence-corrected chi connectivity index (χ1v) is 10.3. The van der Waals surface area contributed by atoms with E-state index in [1.54, 1.807) is 37.4 Å². The molecule has 3 heterocycles. The molecule has 1 N–H and O–H groups in total. The molecule has 1 aliphatic rings. The largest absolute Gasteiger partial charge is 0.439 e. The molecular weight excluding hydrogens is 401 g/mol. The molecule has 0 bridgehead atoms. The highest BCUT2D eigenvalue weighted by atomic mass is 32.2. The number of halogens is 1. The molecule has 1 aliphatic heterocycles. The van der Waals surface area contributed by atoms with Gasteiger partial charge in [-0.25, -0.2) is 9.37 Å². The van der Waals surface area contributed by atoms with Gasteiger partial charge >= 0.3 is 10.2 Å². The van der Waals surface area contributed by atoms with Crippen molar-refractivity contribution in [2.75, 3.05) is 17.8 Å². The maximum atomic E-state index is 13.3. The fourth-order valence-electron chi connectivity index (χ4n) is 3.01. The molecule has 9 nitrogen and oxygen atoms in total. The maximum absolute atomic E-state index is 13.3. The Hall–Kier alpha value is -3.05. The number of benzene rings is 1. The van der Waals surface area contributed by atoms with Crippen LogP contribution < -0.4 is 15.0 Å². The van der Waals surface area contributed by atoms with Crippen LogP contribution in [0.1, 0.15) is 6.42 Å². The molecule has 1 saturated heterocycles. The van der Waals surface area contributed by atoms with Gasteiger partial charge in [-0.1, -0.05) is 6.07 Å². The molecule has 1 fully saturated rings. The number of anilines is 1. The number of nitrogens with one attached hydrogen (secondary N) is 1. The Morgan fingerprint density at radius 1 is 1.28 bits per heavy atom. The first kappa shape index (κ1) is 19.3. The van der Waals surface area contributed by atoms with Crippen LogP contribution in [-0.4, -0.2) is 46.5 Å². The van der Waals surface area contributed by atoms with Gasteiger partial charge in [-0.05, 0) is 30.7 Å². The number of aromatic nitrogens is 3. The molecule has 11 heteroatoms. The van der Waals surface area contributed by atoms with E-state index >= 15 is 0 Å². The van der Waals surface area contributed by atoms with Crippen molar-refractivity contribution >= 4 is 26.9 Å². The van der Waals surface area contributed by atoms with E-state index in [2.05, 4.69) is 14.7 Å². The topological polar surface area (TPSA) is 106 Å². The predicted octanol–water partition coefficient (Wildman–Crippen LogP) is 1.82. The zero-order valence-electron chi connectivity index (χ0n) is 15.4. The molecule has 0 amide bonds. The highest BCUT2D eigenvalue weighted by Gasteiger charge is 2.31. The van der Waals surface area contributed by atoms with Gasteiger partial charge in [0.05, 0.1) is 17.2 Å². The number of alkyl halides is 1.